The zero-order chi connectivity index (χ0) is 15.0. The topological polar surface area (TPSA) is 21.3 Å². The summed E-state index contributed by atoms with van der Waals surface area (Å²) in [5, 5.41) is 4.07. The lowest BCUT2D eigenvalue weighted by molar-refractivity contribution is 0.170. The van der Waals surface area contributed by atoms with Crippen molar-refractivity contribution in [3.05, 3.63) is 34.6 Å². The second-order valence-electron chi connectivity index (χ2n) is 5.26. The molecule has 0 bridgehead atoms. The lowest BCUT2D eigenvalue weighted by atomic mass is 9.92. The zero-order valence-corrected chi connectivity index (χ0v) is 13.3. The van der Waals surface area contributed by atoms with Crippen molar-refractivity contribution in [2.75, 3.05) is 20.3 Å². The molecule has 4 heteroatoms. The van der Waals surface area contributed by atoms with E-state index in [-0.39, 0.29) is 5.82 Å². The SMILES string of the molecule is CCCNC(Cc1ccc(F)cc1Cl)C(C)CCOC. The lowest BCUT2D eigenvalue weighted by Gasteiger charge is -2.25. The minimum atomic E-state index is -0.288. The fourth-order valence-corrected chi connectivity index (χ4v) is 2.48. The Morgan fingerprint density at radius 1 is 1.40 bits per heavy atom. The monoisotopic (exact) mass is 301 g/mol. The number of halogens is 2. The number of hydrogen-bond donors (Lipinski definition) is 1. The molecular formula is C16H25ClFNO. The van der Waals surface area contributed by atoms with Gasteiger partial charge in [0.2, 0.25) is 0 Å². The van der Waals surface area contributed by atoms with Crippen LogP contribution in [-0.4, -0.2) is 26.3 Å². The highest BCUT2D eigenvalue weighted by atomic mass is 35.5. The first-order valence-corrected chi connectivity index (χ1v) is 7.62. The average Bonchev–Trinajstić information content (AvgIpc) is 2.43. The molecule has 1 rings (SSSR count). The van der Waals surface area contributed by atoms with Crippen LogP contribution in [0.4, 0.5) is 4.39 Å². The Labute approximate surface area is 126 Å². The van der Waals surface area contributed by atoms with Crippen molar-refractivity contribution >= 4 is 11.6 Å². The van der Waals surface area contributed by atoms with Gasteiger partial charge in [-0.25, -0.2) is 4.39 Å². The summed E-state index contributed by atoms with van der Waals surface area (Å²) in [5.41, 5.74) is 0.992. The van der Waals surface area contributed by atoms with E-state index in [9.17, 15) is 4.39 Å². The Kier molecular flexibility index (Phi) is 8.12. The van der Waals surface area contributed by atoms with Gasteiger partial charge in [-0.15, -0.1) is 0 Å². The van der Waals surface area contributed by atoms with Crippen LogP contribution in [0.25, 0.3) is 0 Å². The normalized spacial score (nSPS) is 14.2. The highest BCUT2D eigenvalue weighted by molar-refractivity contribution is 6.31. The number of methoxy groups -OCH3 is 1. The van der Waals surface area contributed by atoms with Gasteiger partial charge in [-0.05, 0) is 49.4 Å². The van der Waals surface area contributed by atoms with Crippen molar-refractivity contribution in [1.29, 1.82) is 0 Å². The molecule has 1 aromatic carbocycles. The van der Waals surface area contributed by atoms with Crippen molar-refractivity contribution in [3.63, 3.8) is 0 Å². The maximum absolute atomic E-state index is 13.1. The van der Waals surface area contributed by atoms with Gasteiger partial charge in [-0.3, -0.25) is 0 Å². The van der Waals surface area contributed by atoms with E-state index in [4.69, 9.17) is 16.3 Å². The fraction of sp³-hybridized carbons (Fsp3) is 0.625. The first-order valence-electron chi connectivity index (χ1n) is 7.24. The van der Waals surface area contributed by atoms with Crippen LogP contribution in [0.2, 0.25) is 5.02 Å². The average molecular weight is 302 g/mol. The van der Waals surface area contributed by atoms with E-state index in [0.717, 1.165) is 38.0 Å². The Bertz CT molecular complexity index is 400. The van der Waals surface area contributed by atoms with Crippen LogP contribution < -0.4 is 5.32 Å². The summed E-state index contributed by atoms with van der Waals surface area (Å²) < 4.78 is 18.2. The molecule has 0 spiro atoms. The molecule has 114 valence electrons. The number of benzene rings is 1. The van der Waals surface area contributed by atoms with Crippen molar-refractivity contribution in [2.45, 2.75) is 39.2 Å². The molecular weight excluding hydrogens is 277 g/mol. The minimum Gasteiger partial charge on any atom is -0.385 e. The molecule has 0 fully saturated rings. The van der Waals surface area contributed by atoms with Gasteiger partial charge >= 0.3 is 0 Å². The summed E-state index contributed by atoms with van der Waals surface area (Å²) in [5.74, 6) is 0.187. The van der Waals surface area contributed by atoms with Gasteiger partial charge in [0.05, 0.1) is 0 Å². The first kappa shape index (κ1) is 17.4. The van der Waals surface area contributed by atoms with E-state index in [0.29, 0.717) is 17.0 Å². The third-order valence-corrected chi connectivity index (χ3v) is 3.93. The maximum atomic E-state index is 13.1. The van der Waals surface area contributed by atoms with Crippen molar-refractivity contribution in [3.8, 4) is 0 Å². The number of ether oxygens (including phenoxy) is 1. The Morgan fingerprint density at radius 3 is 2.75 bits per heavy atom. The largest absolute Gasteiger partial charge is 0.385 e. The van der Waals surface area contributed by atoms with Gasteiger partial charge < -0.3 is 10.1 Å². The highest BCUT2D eigenvalue weighted by Crippen LogP contribution is 2.22. The van der Waals surface area contributed by atoms with Crippen LogP contribution >= 0.6 is 11.6 Å². The molecule has 2 atom stereocenters. The van der Waals surface area contributed by atoms with Gasteiger partial charge in [-0.1, -0.05) is 31.5 Å². The second-order valence-corrected chi connectivity index (χ2v) is 5.67. The van der Waals surface area contributed by atoms with Crippen LogP contribution in [0.5, 0.6) is 0 Å². The second kappa shape index (κ2) is 9.32. The van der Waals surface area contributed by atoms with Crippen LogP contribution in [0.1, 0.15) is 32.3 Å². The molecule has 0 saturated carbocycles. The third kappa shape index (κ3) is 5.78. The Hall–Kier alpha value is -0.640. The Balaban J connectivity index is 2.71. The first-order chi connectivity index (χ1) is 9.58. The maximum Gasteiger partial charge on any atom is 0.124 e. The fourth-order valence-electron chi connectivity index (χ4n) is 2.23. The summed E-state index contributed by atoms with van der Waals surface area (Å²) in [4.78, 5) is 0. The highest BCUT2D eigenvalue weighted by Gasteiger charge is 2.18. The third-order valence-electron chi connectivity index (χ3n) is 3.58. The predicted octanol–water partition coefficient (Wildman–Crippen LogP) is 4.06. The van der Waals surface area contributed by atoms with E-state index in [1.807, 2.05) is 0 Å². The van der Waals surface area contributed by atoms with E-state index in [1.54, 1.807) is 13.2 Å². The Morgan fingerprint density at radius 2 is 2.15 bits per heavy atom. The number of rotatable bonds is 9. The van der Waals surface area contributed by atoms with E-state index in [2.05, 4.69) is 19.2 Å². The van der Waals surface area contributed by atoms with Crippen molar-refractivity contribution in [2.24, 2.45) is 5.92 Å². The predicted molar refractivity (Wildman–Crippen MR) is 82.9 cm³/mol. The number of hydrogen-bond acceptors (Lipinski definition) is 2. The summed E-state index contributed by atoms with van der Waals surface area (Å²) in [6.45, 7) is 6.09. The van der Waals surface area contributed by atoms with E-state index in [1.165, 1.54) is 12.1 Å². The molecule has 0 saturated heterocycles. The lowest BCUT2D eigenvalue weighted by Crippen LogP contribution is -2.38. The van der Waals surface area contributed by atoms with Gasteiger partial charge in [0, 0.05) is 24.8 Å². The molecule has 2 nitrogen and oxygen atoms in total. The van der Waals surface area contributed by atoms with E-state index >= 15 is 0 Å². The number of nitrogens with one attached hydrogen (secondary N) is 1. The van der Waals surface area contributed by atoms with Crippen molar-refractivity contribution < 1.29 is 9.13 Å². The summed E-state index contributed by atoms with van der Waals surface area (Å²) in [7, 11) is 1.72. The zero-order valence-electron chi connectivity index (χ0n) is 12.6. The van der Waals surface area contributed by atoms with E-state index < -0.39 is 0 Å². The molecule has 0 aliphatic carbocycles. The molecule has 0 aliphatic heterocycles. The molecule has 0 aliphatic rings. The molecule has 0 radical (unpaired) electrons. The van der Waals surface area contributed by atoms with Crippen LogP contribution in [0.3, 0.4) is 0 Å². The molecule has 2 unspecified atom stereocenters. The standard InChI is InChI=1S/C16H25ClFNO/c1-4-8-19-16(12(2)7-9-20-3)10-13-5-6-14(18)11-15(13)17/h5-6,11-12,16,19H,4,7-10H2,1-3H3. The smallest absolute Gasteiger partial charge is 0.124 e. The van der Waals surface area contributed by atoms with Gasteiger partial charge in [0.25, 0.3) is 0 Å². The quantitative estimate of drug-likeness (QED) is 0.742. The molecule has 0 heterocycles. The van der Waals surface area contributed by atoms with Gasteiger partial charge in [0.1, 0.15) is 5.82 Å². The summed E-state index contributed by atoms with van der Waals surface area (Å²) in [6.07, 6.45) is 2.89. The molecule has 0 aromatic heterocycles. The van der Waals surface area contributed by atoms with Crippen LogP contribution in [0, 0.1) is 11.7 Å². The van der Waals surface area contributed by atoms with Gasteiger partial charge in [-0.2, -0.15) is 0 Å². The molecule has 0 amide bonds. The van der Waals surface area contributed by atoms with Crippen LogP contribution in [-0.2, 0) is 11.2 Å². The minimum absolute atomic E-state index is 0.288. The molecule has 1 N–H and O–H groups in total. The van der Waals surface area contributed by atoms with Crippen LogP contribution in [0.15, 0.2) is 18.2 Å². The van der Waals surface area contributed by atoms with Gasteiger partial charge in [0.15, 0.2) is 0 Å². The molecule has 20 heavy (non-hydrogen) atoms. The van der Waals surface area contributed by atoms with Crippen molar-refractivity contribution in [1.82, 2.24) is 5.32 Å². The molecule has 1 aromatic rings. The summed E-state index contributed by atoms with van der Waals surface area (Å²) >= 11 is 6.12. The summed E-state index contributed by atoms with van der Waals surface area (Å²) in [6, 6.07) is 4.96.